The number of aliphatic hydroxyl groups is 3. The highest BCUT2D eigenvalue weighted by molar-refractivity contribution is 6.01. The molecule has 0 aromatic carbocycles. The van der Waals surface area contributed by atoms with Crippen molar-refractivity contribution in [1.29, 1.82) is 0 Å². The number of hydrogen-bond acceptors (Lipinski definition) is 9. The number of carbonyl (C=O) groups excluding carboxylic acids is 4. The number of allylic oxidation sites excluding steroid dienone is 5. The molecular weight excluding hydrogens is 728 g/mol. The molecule has 8 aliphatic carbocycles. The van der Waals surface area contributed by atoms with Gasteiger partial charge >= 0.3 is 5.97 Å². The van der Waals surface area contributed by atoms with Crippen LogP contribution in [0.25, 0.3) is 0 Å². The summed E-state index contributed by atoms with van der Waals surface area (Å²) < 4.78 is 29.2. The number of halogens is 1. The molecule has 0 heterocycles. The van der Waals surface area contributed by atoms with Gasteiger partial charge in [-0.1, -0.05) is 44.9 Å². The van der Waals surface area contributed by atoms with E-state index in [1.54, 1.807) is 13.0 Å². The molecule has 6 saturated carbocycles. The summed E-state index contributed by atoms with van der Waals surface area (Å²) in [6, 6.07) is 0. The Balaban J connectivity index is 0.815. The van der Waals surface area contributed by atoms with E-state index in [-0.39, 0.29) is 54.2 Å². The van der Waals surface area contributed by atoms with Crippen LogP contribution in [0.5, 0.6) is 0 Å². The summed E-state index contributed by atoms with van der Waals surface area (Å²) in [4.78, 5) is 50.5. The lowest BCUT2D eigenvalue weighted by atomic mass is 9.45. The lowest BCUT2D eigenvalue weighted by Crippen LogP contribution is -2.67. The first kappa shape index (κ1) is 41.2. The Morgan fingerprint density at radius 2 is 1.68 bits per heavy atom. The minimum absolute atomic E-state index is 0.00376. The van der Waals surface area contributed by atoms with Gasteiger partial charge in [-0.3, -0.25) is 19.2 Å². The van der Waals surface area contributed by atoms with E-state index in [1.807, 2.05) is 19.9 Å². The van der Waals surface area contributed by atoms with Crippen LogP contribution in [0.15, 0.2) is 35.5 Å². The topological polar surface area (TPSA) is 147 Å². The standard InChI is InChI=1S/C47H65FO9/c1-25-19-35-34-14-10-28-21-30(50)17-18-46(28,5)47(34,48)37(52)23-45(35,4)42(25)43(55)36(51)24-56-39(53)7-6-8-40(54)57-38-16-15-33-32-12-9-27-20-29(49)11-13-31(27)41(32)26(2)22-44(33,38)3/h17-18,20-21,25-26,31-35,37-38,40-43,52,54-55H,6-16,19,22-24H2,1-5H3/t25-,26?,31?,32?,33?,34?,35?,37-,38-,40?,41?,42?,43+,44?,45-,46-,47-/m0/s1. The molecule has 8 rings (SSSR count). The van der Waals surface area contributed by atoms with Crippen LogP contribution >= 0.6 is 0 Å². The molecule has 8 aliphatic rings. The second-order valence-corrected chi connectivity index (χ2v) is 20.6. The van der Waals surface area contributed by atoms with Crippen LogP contribution in [0.4, 0.5) is 4.39 Å². The van der Waals surface area contributed by atoms with E-state index in [0.717, 1.165) is 38.5 Å². The molecule has 0 bridgehead atoms. The smallest absolute Gasteiger partial charge is 0.306 e. The number of Topliss-reactive ketones (excluding diaryl/α,β-unsaturated/α-hetero) is 1. The summed E-state index contributed by atoms with van der Waals surface area (Å²) in [6.45, 7) is 9.82. The van der Waals surface area contributed by atoms with E-state index in [1.165, 1.54) is 17.7 Å². The molecule has 10 unspecified atom stereocenters. The third kappa shape index (κ3) is 6.51. The molecule has 314 valence electrons. The fourth-order valence-corrected chi connectivity index (χ4v) is 15.4. The van der Waals surface area contributed by atoms with Crippen molar-refractivity contribution in [2.45, 2.75) is 155 Å². The second kappa shape index (κ2) is 14.9. The van der Waals surface area contributed by atoms with Gasteiger partial charge in [-0.25, -0.2) is 4.39 Å². The number of rotatable bonds is 10. The van der Waals surface area contributed by atoms with Crippen molar-refractivity contribution in [3.63, 3.8) is 0 Å². The van der Waals surface area contributed by atoms with Crippen LogP contribution in [0.2, 0.25) is 0 Å². The Kier molecular flexibility index (Phi) is 10.8. The largest absolute Gasteiger partial charge is 0.458 e. The van der Waals surface area contributed by atoms with Gasteiger partial charge in [-0.15, -0.1) is 0 Å². The highest BCUT2D eigenvalue weighted by Crippen LogP contribution is 2.70. The molecular formula is C47H65FO9. The summed E-state index contributed by atoms with van der Waals surface area (Å²) in [5.41, 5.74) is -1.76. The van der Waals surface area contributed by atoms with Crippen LogP contribution in [0.1, 0.15) is 125 Å². The zero-order chi connectivity index (χ0) is 40.8. The van der Waals surface area contributed by atoms with Crippen molar-refractivity contribution >= 4 is 23.3 Å². The molecule has 0 amide bonds. The highest BCUT2D eigenvalue weighted by atomic mass is 19.1. The predicted molar refractivity (Wildman–Crippen MR) is 210 cm³/mol. The van der Waals surface area contributed by atoms with Crippen molar-refractivity contribution in [2.24, 2.45) is 69.5 Å². The van der Waals surface area contributed by atoms with Crippen molar-refractivity contribution in [3.05, 3.63) is 35.5 Å². The second-order valence-electron chi connectivity index (χ2n) is 20.6. The molecule has 0 spiro atoms. The number of carbonyl (C=O) groups is 4. The first-order valence-corrected chi connectivity index (χ1v) is 22.2. The Labute approximate surface area is 337 Å². The van der Waals surface area contributed by atoms with Crippen LogP contribution in [-0.4, -0.2) is 75.5 Å². The third-order valence-electron chi connectivity index (χ3n) is 17.8. The van der Waals surface area contributed by atoms with Crippen LogP contribution in [0.3, 0.4) is 0 Å². The highest BCUT2D eigenvalue weighted by Gasteiger charge is 2.72. The summed E-state index contributed by atoms with van der Waals surface area (Å²) in [5, 5.41) is 34.1. The number of esters is 1. The Bertz CT molecular complexity index is 1750. The van der Waals surface area contributed by atoms with E-state index in [2.05, 4.69) is 13.8 Å². The number of aliphatic hydroxyl groups excluding tert-OH is 3. The zero-order valence-electron chi connectivity index (χ0n) is 34.6. The summed E-state index contributed by atoms with van der Waals surface area (Å²) in [5.74, 6) is 0.307. The van der Waals surface area contributed by atoms with Gasteiger partial charge in [0.05, 0.1) is 12.2 Å². The molecule has 0 aromatic rings. The lowest BCUT2D eigenvalue weighted by Gasteiger charge is -2.62. The van der Waals surface area contributed by atoms with Crippen LogP contribution in [-0.2, 0) is 28.7 Å². The summed E-state index contributed by atoms with van der Waals surface area (Å²) in [6.07, 6.45) is 11.7. The van der Waals surface area contributed by atoms with Crippen molar-refractivity contribution in [3.8, 4) is 0 Å². The summed E-state index contributed by atoms with van der Waals surface area (Å²) >= 11 is 0. The third-order valence-corrected chi connectivity index (χ3v) is 17.8. The number of fused-ring (bicyclic) bond motifs is 10. The Morgan fingerprint density at radius 3 is 2.46 bits per heavy atom. The van der Waals surface area contributed by atoms with Gasteiger partial charge in [0, 0.05) is 30.1 Å². The number of hydrogen-bond donors (Lipinski definition) is 3. The average Bonchev–Trinajstić information content (AvgIpc) is 3.61. The Morgan fingerprint density at radius 1 is 0.912 bits per heavy atom. The van der Waals surface area contributed by atoms with Gasteiger partial charge in [0.15, 0.2) is 35.9 Å². The van der Waals surface area contributed by atoms with Crippen molar-refractivity contribution in [1.82, 2.24) is 0 Å². The van der Waals surface area contributed by atoms with E-state index < -0.39 is 65.2 Å². The fraction of sp³-hybridized carbons (Fsp3) is 0.787. The molecule has 17 atom stereocenters. The molecule has 6 fully saturated rings. The maximum Gasteiger partial charge on any atom is 0.306 e. The van der Waals surface area contributed by atoms with Gasteiger partial charge in [0.25, 0.3) is 0 Å². The van der Waals surface area contributed by atoms with E-state index in [0.29, 0.717) is 67.3 Å². The minimum atomic E-state index is -1.98. The van der Waals surface area contributed by atoms with Crippen molar-refractivity contribution < 1.29 is 48.4 Å². The minimum Gasteiger partial charge on any atom is -0.458 e. The predicted octanol–water partition coefficient (Wildman–Crippen LogP) is 6.95. The molecule has 10 heteroatoms. The number of ketones is 3. The van der Waals surface area contributed by atoms with Gasteiger partial charge in [-0.2, -0.15) is 0 Å². The Hall–Kier alpha value is -2.53. The quantitative estimate of drug-likeness (QED) is 0.158. The van der Waals surface area contributed by atoms with Gasteiger partial charge in [0.1, 0.15) is 6.10 Å². The summed E-state index contributed by atoms with van der Waals surface area (Å²) in [7, 11) is 0. The molecule has 0 radical (unpaired) electrons. The molecule has 0 saturated heterocycles. The number of alkyl halides is 1. The fourth-order valence-electron chi connectivity index (χ4n) is 15.4. The maximum atomic E-state index is 17.5. The van der Waals surface area contributed by atoms with Gasteiger partial charge in [-0.05, 0) is 154 Å². The average molecular weight is 793 g/mol. The monoisotopic (exact) mass is 792 g/mol. The molecule has 0 aromatic heterocycles. The first-order valence-electron chi connectivity index (χ1n) is 22.2. The first-order chi connectivity index (χ1) is 26.9. The van der Waals surface area contributed by atoms with Crippen LogP contribution < -0.4 is 0 Å². The molecule has 9 nitrogen and oxygen atoms in total. The van der Waals surface area contributed by atoms with Gasteiger partial charge < -0.3 is 24.8 Å². The van der Waals surface area contributed by atoms with Crippen LogP contribution in [0, 0.1) is 69.5 Å². The van der Waals surface area contributed by atoms with E-state index in [4.69, 9.17) is 9.47 Å². The van der Waals surface area contributed by atoms with E-state index in [9.17, 15) is 34.5 Å². The number of ether oxygens (including phenoxy) is 2. The SMILES string of the molecule is CC1CC2(C)C(CC[C@@H]2OC(O)CCCC(=O)OCC(=O)[C@@H](O)C2[C@@H](C)CC3C4CCC5=CC(=O)C=C[C@]5(C)[C@@]4(F)[C@@H](O)C[C@@]32C)C2CCC3=CC(=O)CCC3C12. The molecule has 3 N–H and O–H groups in total. The van der Waals surface area contributed by atoms with Gasteiger partial charge in [0.2, 0.25) is 0 Å². The zero-order valence-corrected chi connectivity index (χ0v) is 34.6. The lowest BCUT2D eigenvalue weighted by molar-refractivity contribution is -0.200. The van der Waals surface area contributed by atoms with E-state index >= 15 is 4.39 Å². The molecule has 57 heavy (non-hydrogen) atoms. The molecule has 0 aliphatic heterocycles. The normalized spacial score (nSPS) is 46.9. The maximum absolute atomic E-state index is 17.5. The van der Waals surface area contributed by atoms with Crippen molar-refractivity contribution in [2.75, 3.05) is 6.61 Å².